The molecule has 0 aliphatic carbocycles. The van der Waals surface area contributed by atoms with Gasteiger partial charge in [-0.15, -0.1) is 10.2 Å². The van der Waals surface area contributed by atoms with Gasteiger partial charge in [0.15, 0.2) is 5.82 Å². The van der Waals surface area contributed by atoms with Gasteiger partial charge in [-0.3, -0.25) is 4.79 Å². The molecule has 0 aromatic carbocycles. The SMILES string of the molecule is CC(NC(=O)N[C@@H](CCC(N)=O)C(=O)O)c1nncn1C. The predicted octanol–water partition coefficient (Wildman–Crippen LogP) is -1.11. The number of aryl methyl sites for hydroxylation is 1. The smallest absolute Gasteiger partial charge is 0.326 e. The van der Waals surface area contributed by atoms with Crippen LogP contribution in [0.25, 0.3) is 0 Å². The second-order valence-corrected chi connectivity index (χ2v) is 4.54. The number of urea groups is 1. The second-order valence-electron chi connectivity index (χ2n) is 4.54. The summed E-state index contributed by atoms with van der Waals surface area (Å²) in [5.41, 5.74) is 4.96. The number of hydrogen-bond acceptors (Lipinski definition) is 5. The molecular formula is C11H18N6O4. The summed E-state index contributed by atoms with van der Waals surface area (Å²) in [6.07, 6.45) is 1.28. The third kappa shape index (κ3) is 5.09. The minimum atomic E-state index is -1.24. The lowest BCUT2D eigenvalue weighted by Gasteiger charge is -2.17. The Morgan fingerprint density at radius 3 is 2.57 bits per heavy atom. The molecule has 0 radical (unpaired) electrons. The Morgan fingerprint density at radius 1 is 1.43 bits per heavy atom. The van der Waals surface area contributed by atoms with E-state index in [4.69, 9.17) is 10.8 Å². The van der Waals surface area contributed by atoms with Crippen LogP contribution in [0.1, 0.15) is 31.6 Å². The fourth-order valence-corrected chi connectivity index (χ4v) is 1.69. The van der Waals surface area contributed by atoms with Crippen LogP contribution >= 0.6 is 0 Å². The van der Waals surface area contributed by atoms with Crippen molar-refractivity contribution in [3.63, 3.8) is 0 Å². The Morgan fingerprint density at radius 2 is 2.10 bits per heavy atom. The van der Waals surface area contributed by atoms with Crippen LogP contribution in [-0.2, 0) is 16.6 Å². The van der Waals surface area contributed by atoms with E-state index in [9.17, 15) is 14.4 Å². The first-order valence-electron chi connectivity index (χ1n) is 6.23. The molecule has 1 heterocycles. The van der Waals surface area contributed by atoms with E-state index in [1.807, 2.05) is 0 Å². The van der Waals surface area contributed by atoms with Crippen LogP contribution < -0.4 is 16.4 Å². The Kier molecular flexibility index (Phi) is 5.64. The number of carboxylic acids is 1. The van der Waals surface area contributed by atoms with Crippen molar-refractivity contribution in [3.05, 3.63) is 12.2 Å². The number of hydrogen-bond donors (Lipinski definition) is 4. The maximum Gasteiger partial charge on any atom is 0.326 e. The highest BCUT2D eigenvalue weighted by Gasteiger charge is 2.22. The first kappa shape index (κ1) is 16.4. The van der Waals surface area contributed by atoms with Crippen molar-refractivity contribution in [2.75, 3.05) is 0 Å². The van der Waals surface area contributed by atoms with Gasteiger partial charge in [0.05, 0.1) is 6.04 Å². The number of carbonyl (C=O) groups excluding carboxylic acids is 2. The minimum absolute atomic E-state index is 0.0730. The Bertz CT molecular complexity index is 529. The molecule has 0 aliphatic rings. The van der Waals surface area contributed by atoms with E-state index in [0.717, 1.165) is 0 Å². The molecule has 21 heavy (non-hydrogen) atoms. The number of nitrogens with one attached hydrogen (secondary N) is 2. The highest BCUT2D eigenvalue weighted by atomic mass is 16.4. The van der Waals surface area contributed by atoms with Crippen molar-refractivity contribution < 1.29 is 19.5 Å². The molecule has 0 aliphatic heterocycles. The first-order valence-corrected chi connectivity index (χ1v) is 6.23. The van der Waals surface area contributed by atoms with E-state index in [1.54, 1.807) is 18.5 Å². The number of nitrogens with zero attached hydrogens (tertiary/aromatic N) is 3. The standard InChI is InChI=1S/C11H18N6O4/c1-6(9-16-13-5-17(9)2)14-11(21)15-7(10(19)20)3-4-8(12)18/h5-7H,3-4H2,1-2H3,(H2,12,18)(H,19,20)(H2,14,15,21)/t6?,7-/m0/s1. The van der Waals surface area contributed by atoms with Crippen LogP contribution in [0.15, 0.2) is 6.33 Å². The number of nitrogens with two attached hydrogens (primary N) is 1. The molecule has 2 atom stereocenters. The number of aromatic nitrogens is 3. The van der Waals surface area contributed by atoms with Crippen molar-refractivity contribution in [3.8, 4) is 0 Å². The number of primary amides is 1. The highest BCUT2D eigenvalue weighted by Crippen LogP contribution is 2.07. The number of aliphatic carboxylic acids is 1. The molecule has 3 amide bonds. The summed E-state index contributed by atoms with van der Waals surface area (Å²) in [5, 5.41) is 21.3. The topological polar surface area (TPSA) is 152 Å². The van der Waals surface area contributed by atoms with Gasteiger partial charge in [0.25, 0.3) is 0 Å². The van der Waals surface area contributed by atoms with E-state index in [1.165, 1.54) is 6.33 Å². The molecule has 0 saturated carbocycles. The third-order valence-corrected chi connectivity index (χ3v) is 2.76. The predicted molar refractivity (Wildman–Crippen MR) is 70.9 cm³/mol. The zero-order chi connectivity index (χ0) is 16.0. The Balaban J connectivity index is 2.56. The highest BCUT2D eigenvalue weighted by molar-refractivity contribution is 5.83. The molecular weight excluding hydrogens is 280 g/mol. The van der Waals surface area contributed by atoms with Crippen LogP contribution in [0.5, 0.6) is 0 Å². The molecule has 0 spiro atoms. The van der Waals surface area contributed by atoms with E-state index < -0.39 is 30.0 Å². The zero-order valence-corrected chi connectivity index (χ0v) is 11.7. The summed E-state index contributed by atoms with van der Waals surface area (Å²) in [6.45, 7) is 1.68. The molecule has 10 nitrogen and oxygen atoms in total. The molecule has 0 saturated heterocycles. The molecule has 5 N–H and O–H groups in total. The molecule has 1 rings (SSSR count). The van der Waals surface area contributed by atoms with Crippen molar-refractivity contribution in [1.82, 2.24) is 25.4 Å². The van der Waals surface area contributed by atoms with Gasteiger partial charge in [-0.1, -0.05) is 0 Å². The largest absolute Gasteiger partial charge is 0.480 e. The molecule has 1 aromatic rings. The fraction of sp³-hybridized carbons (Fsp3) is 0.545. The first-order chi connectivity index (χ1) is 9.81. The van der Waals surface area contributed by atoms with Crippen molar-refractivity contribution in [2.24, 2.45) is 12.8 Å². The summed E-state index contributed by atoms with van der Waals surface area (Å²) >= 11 is 0. The number of amides is 3. The molecule has 0 bridgehead atoms. The van der Waals surface area contributed by atoms with E-state index in [-0.39, 0.29) is 12.8 Å². The number of carboxylic acid groups (broad SMARTS) is 1. The molecule has 116 valence electrons. The van der Waals surface area contributed by atoms with Crippen LogP contribution in [0.4, 0.5) is 4.79 Å². The van der Waals surface area contributed by atoms with Crippen LogP contribution in [0, 0.1) is 0 Å². The lowest BCUT2D eigenvalue weighted by Crippen LogP contribution is -2.47. The molecule has 1 aromatic heterocycles. The van der Waals surface area contributed by atoms with Crippen LogP contribution in [0.3, 0.4) is 0 Å². The summed E-state index contributed by atoms with van der Waals surface area (Å²) < 4.78 is 1.63. The summed E-state index contributed by atoms with van der Waals surface area (Å²) in [5.74, 6) is -1.34. The van der Waals surface area contributed by atoms with E-state index >= 15 is 0 Å². The third-order valence-electron chi connectivity index (χ3n) is 2.76. The van der Waals surface area contributed by atoms with Gasteiger partial charge in [-0.25, -0.2) is 9.59 Å². The van der Waals surface area contributed by atoms with Gasteiger partial charge in [0, 0.05) is 13.5 Å². The Labute approximate surface area is 120 Å². The average Bonchev–Trinajstić information content (AvgIpc) is 2.80. The summed E-state index contributed by atoms with van der Waals surface area (Å²) in [4.78, 5) is 33.4. The quantitative estimate of drug-likeness (QED) is 0.501. The van der Waals surface area contributed by atoms with Crippen molar-refractivity contribution >= 4 is 17.9 Å². The summed E-state index contributed by atoms with van der Waals surface area (Å²) in [7, 11) is 1.72. The Hall–Kier alpha value is -2.65. The van der Waals surface area contributed by atoms with Crippen molar-refractivity contribution in [1.29, 1.82) is 0 Å². The monoisotopic (exact) mass is 298 g/mol. The maximum atomic E-state index is 11.8. The van der Waals surface area contributed by atoms with Gasteiger partial charge in [-0.2, -0.15) is 0 Å². The van der Waals surface area contributed by atoms with E-state index in [2.05, 4.69) is 20.8 Å². The maximum absolute atomic E-state index is 11.8. The van der Waals surface area contributed by atoms with Gasteiger partial charge in [0.1, 0.15) is 12.4 Å². The van der Waals surface area contributed by atoms with E-state index in [0.29, 0.717) is 5.82 Å². The number of rotatable bonds is 7. The minimum Gasteiger partial charge on any atom is -0.480 e. The van der Waals surface area contributed by atoms with Crippen molar-refractivity contribution in [2.45, 2.75) is 31.8 Å². The van der Waals surface area contributed by atoms with Gasteiger partial charge in [-0.05, 0) is 13.3 Å². The van der Waals surface area contributed by atoms with Gasteiger partial charge < -0.3 is 26.0 Å². The fourth-order valence-electron chi connectivity index (χ4n) is 1.69. The normalized spacial score (nSPS) is 13.2. The molecule has 0 fully saturated rings. The zero-order valence-electron chi connectivity index (χ0n) is 11.7. The second kappa shape index (κ2) is 7.22. The van der Waals surface area contributed by atoms with Gasteiger partial charge in [0.2, 0.25) is 5.91 Å². The van der Waals surface area contributed by atoms with Crippen LogP contribution in [0.2, 0.25) is 0 Å². The molecule has 10 heteroatoms. The lowest BCUT2D eigenvalue weighted by atomic mass is 10.1. The van der Waals surface area contributed by atoms with Crippen LogP contribution in [-0.4, -0.2) is 43.8 Å². The average molecular weight is 298 g/mol. The lowest BCUT2D eigenvalue weighted by molar-refractivity contribution is -0.139. The van der Waals surface area contributed by atoms with Gasteiger partial charge >= 0.3 is 12.0 Å². The number of carbonyl (C=O) groups is 3. The molecule has 1 unspecified atom stereocenters. The summed E-state index contributed by atoms with van der Waals surface area (Å²) in [6, 6.07) is -2.32.